The van der Waals surface area contributed by atoms with Crippen molar-refractivity contribution in [3.05, 3.63) is 12.4 Å². The molecule has 1 amide bonds. The number of nitrogen functional groups attached to an aromatic ring is 1. The van der Waals surface area contributed by atoms with Gasteiger partial charge >= 0.3 is 0 Å². The summed E-state index contributed by atoms with van der Waals surface area (Å²) >= 11 is 0. The van der Waals surface area contributed by atoms with Crippen LogP contribution >= 0.6 is 0 Å². The molecule has 2 aliphatic heterocycles. The first-order valence-electron chi connectivity index (χ1n) is 11.2. The maximum Gasteiger partial charge on any atom is 0.243 e. The molecule has 0 spiro atoms. The molecule has 0 atom stereocenters. The Morgan fingerprint density at radius 3 is 2.24 bits per heavy atom. The van der Waals surface area contributed by atoms with Crippen LogP contribution in [0.5, 0.6) is 0 Å². The molecule has 33 heavy (non-hydrogen) atoms. The molecule has 0 aromatic carbocycles. The molecule has 2 saturated heterocycles. The number of hydrogen-bond donors (Lipinski definition) is 3. The highest BCUT2D eigenvalue weighted by molar-refractivity contribution is 5.74. The van der Waals surface area contributed by atoms with Gasteiger partial charge in [0.1, 0.15) is 0 Å². The summed E-state index contributed by atoms with van der Waals surface area (Å²) in [6.45, 7) is 6.99. The van der Waals surface area contributed by atoms with Gasteiger partial charge in [0.05, 0.1) is 18.8 Å². The smallest absolute Gasteiger partial charge is 0.243 e. The normalized spacial score (nSPS) is 17.2. The van der Waals surface area contributed by atoms with Crippen LogP contribution in [0.25, 0.3) is 11.4 Å². The van der Waals surface area contributed by atoms with Crippen molar-refractivity contribution in [2.75, 3.05) is 74.6 Å². The van der Waals surface area contributed by atoms with E-state index in [4.69, 9.17) is 25.6 Å². The number of piperazine rings is 1. The third kappa shape index (κ3) is 6.21. The van der Waals surface area contributed by atoms with Crippen LogP contribution in [-0.2, 0) is 9.53 Å². The molecule has 13 heteroatoms. The van der Waals surface area contributed by atoms with Gasteiger partial charge in [-0.2, -0.15) is 15.0 Å². The largest absolute Gasteiger partial charge is 0.378 e. The first kappa shape index (κ1) is 23.0. The SMILES string of the molecule is Nc1ncc(-c2nc(N3CCOCC3)nc(N3CCN(CCCCC(=O)NO)CC3)n2)cn1. The zero-order valence-electron chi connectivity index (χ0n) is 18.6. The van der Waals surface area contributed by atoms with Gasteiger partial charge < -0.3 is 20.3 Å². The summed E-state index contributed by atoms with van der Waals surface area (Å²) in [7, 11) is 0. The highest BCUT2D eigenvalue weighted by atomic mass is 16.5. The average molecular weight is 459 g/mol. The van der Waals surface area contributed by atoms with E-state index in [1.54, 1.807) is 17.9 Å². The lowest BCUT2D eigenvalue weighted by molar-refractivity contribution is -0.129. The molecular formula is C20H30N10O3. The number of ether oxygens (including phenoxy) is 1. The molecule has 13 nitrogen and oxygen atoms in total. The summed E-state index contributed by atoms with van der Waals surface area (Å²) in [6.07, 6.45) is 5.24. The fourth-order valence-corrected chi connectivity index (χ4v) is 3.83. The van der Waals surface area contributed by atoms with Crippen molar-refractivity contribution in [2.45, 2.75) is 19.3 Å². The monoisotopic (exact) mass is 458 g/mol. The van der Waals surface area contributed by atoms with E-state index in [1.807, 2.05) is 0 Å². The molecule has 4 heterocycles. The van der Waals surface area contributed by atoms with E-state index in [0.29, 0.717) is 42.9 Å². The van der Waals surface area contributed by atoms with Gasteiger partial charge in [0.2, 0.25) is 23.8 Å². The zero-order chi connectivity index (χ0) is 23.0. The number of nitrogens with zero attached hydrogens (tertiary/aromatic N) is 8. The predicted molar refractivity (Wildman–Crippen MR) is 121 cm³/mol. The number of anilines is 3. The van der Waals surface area contributed by atoms with Gasteiger partial charge in [0.15, 0.2) is 5.82 Å². The van der Waals surface area contributed by atoms with Crippen molar-refractivity contribution in [1.82, 2.24) is 35.3 Å². The molecule has 4 N–H and O–H groups in total. The van der Waals surface area contributed by atoms with Crippen molar-refractivity contribution < 1.29 is 14.7 Å². The van der Waals surface area contributed by atoms with Gasteiger partial charge in [-0.1, -0.05) is 0 Å². The van der Waals surface area contributed by atoms with Crippen LogP contribution in [0.3, 0.4) is 0 Å². The highest BCUT2D eigenvalue weighted by Gasteiger charge is 2.23. The Balaban J connectivity index is 1.43. The molecule has 0 aliphatic carbocycles. The number of nitrogens with two attached hydrogens (primary N) is 1. The fraction of sp³-hybridized carbons (Fsp3) is 0.600. The molecule has 0 radical (unpaired) electrons. The molecule has 0 saturated carbocycles. The summed E-state index contributed by atoms with van der Waals surface area (Å²) in [6, 6.07) is 0. The zero-order valence-corrected chi connectivity index (χ0v) is 18.6. The molecule has 178 valence electrons. The summed E-state index contributed by atoms with van der Waals surface area (Å²) in [4.78, 5) is 40.1. The summed E-state index contributed by atoms with van der Waals surface area (Å²) < 4.78 is 5.47. The summed E-state index contributed by atoms with van der Waals surface area (Å²) in [5.74, 6) is 1.64. The van der Waals surface area contributed by atoms with Crippen LogP contribution in [0, 0.1) is 0 Å². The predicted octanol–water partition coefficient (Wildman–Crippen LogP) is -0.455. The first-order valence-corrected chi connectivity index (χ1v) is 11.2. The lowest BCUT2D eigenvalue weighted by Crippen LogP contribution is -2.47. The van der Waals surface area contributed by atoms with E-state index in [1.165, 1.54) is 0 Å². The average Bonchev–Trinajstić information content (AvgIpc) is 2.87. The molecular weight excluding hydrogens is 428 g/mol. The van der Waals surface area contributed by atoms with Crippen LogP contribution in [-0.4, -0.2) is 100.0 Å². The number of carbonyl (C=O) groups is 1. The molecule has 2 aliphatic rings. The topological polar surface area (TPSA) is 159 Å². The van der Waals surface area contributed by atoms with Crippen molar-refractivity contribution >= 4 is 23.8 Å². The van der Waals surface area contributed by atoms with E-state index >= 15 is 0 Å². The quantitative estimate of drug-likeness (QED) is 0.266. The van der Waals surface area contributed by atoms with E-state index < -0.39 is 0 Å². The lowest BCUT2D eigenvalue weighted by Gasteiger charge is -2.35. The molecule has 2 aromatic heterocycles. The minimum Gasteiger partial charge on any atom is -0.378 e. The number of aromatic nitrogens is 5. The maximum absolute atomic E-state index is 11.1. The van der Waals surface area contributed by atoms with Crippen molar-refractivity contribution in [3.63, 3.8) is 0 Å². The van der Waals surface area contributed by atoms with Crippen LogP contribution in [0.4, 0.5) is 17.8 Å². The fourth-order valence-electron chi connectivity index (χ4n) is 3.83. The molecule has 2 aromatic rings. The molecule has 0 unspecified atom stereocenters. The van der Waals surface area contributed by atoms with E-state index in [0.717, 1.165) is 58.7 Å². The summed E-state index contributed by atoms with van der Waals surface area (Å²) in [5, 5.41) is 8.57. The molecule has 4 rings (SSSR count). The second kappa shape index (κ2) is 11.1. The van der Waals surface area contributed by atoms with Crippen LogP contribution in [0.15, 0.2) is 12.4 Å². The van der Waals surface area contributed by atoms with Crippen LogP contribution in [0.1, 0.15) is 19.3 Å². The minimum absolute atomic E-state index is 0.203. The molecule has 0 bridgehead atoms. The first-order chi connectivity index (χ1) is 16.1. The number of carbonyl (C=O) groups excluding carboxylic acids is 1. The number of nitrogens with one attached hydrogen (secondary N) is 1. The number of unbranched alkanes of at least 4 members (excludes halogenated alkanes) is 1. The lowest BCUT2D eigenvalue weighted by atomic mass is 10.2. The van der Waals surface area contributed by atoms with Crippen molar-refractivity contribution in [3.8, 4) is 11.4 Å². The Labute approximate surface area is 192 Å². The van der Waals surface area contributed by atoms with Gasteiger partial charge in [-0.25, -0.2) is 15.4 Å². The number of amides is 1. The Morgan fingerprint density at radius 2 is 1.61 bits per heavy atom. The Kier molecular flexibility index (Phi) is 7.75. The van der Waals surface area contributed by atoms with Crippen LogP contribution in [0.2, 0.25) is 0 Å². The molecule has 2 fully saturated rings. The highest BCUT2D eigenvalue weighted by Crippen LogP contribution is 2.22. The van der Waals surface area contributed by atoms with Gasteiger partial charge in [-0.05, 0) is 19.4 Å². The third-order valence-electron chi connectivity index (χ3n) is 5.74. The Hall–Kier alpha value is -3.16. The Bertz CT molecular complexity index is 915. The number of rotatable bonds is 8. The van der Waals surface area contributed by atoms with E-state index in [2.05, 4.69) is 29.7 Å². The summed E-state index contributed by atoms with van der Waals surface area (Å²) in [5.41, 5.74) is 8.00. The maximum atomic E-state index is 11.1. The van der Waals surface area contributed by atoms with Crippen LogP contribution < -0.4 is 21.0 Å². The third-order valence-corrected chi connectivity index (χ3v) is 5.74. The number of hydroxylamine groups is 1. The second-order valence-corrected chi connectivity index (χ2v) is 8.01. The van der Waals surface area contributed by atoms with Gasteiger partial charge in [0, 0.05) is 58.1 Å². The van der Waals surface area contributed by atoms with Gasteiger partial charge in [-0.15, -0.1) is 0 Å². The minimum atomic E-state index is -0.340. The second-order valence-electron chi connectivity index (χ2n) is 8.01. The van der Waals surface area contributed by atoms with Gasteiger partial charge in [-0.3, -0.25) is 14.9 Å². The van der Waals surface area contributed by atoms with E-state index in [-0.39, 0.29) is 11.9 Å². The standard InChI is InChI=1S/C20H30N10O3/c21-18-22-13-15(14-23-18)17-24-19(26-20(25-17)30-9-11-33-12-10-30)29-7-5-28(6-8-29)4-2-1-3-16(31)27-32/h13-14,32H,1-12H2,(H,27,31)(H2,21,22,23). The van der Waals surface area contributed by atoms with Gasteiger partial charge in [0.25, 0.3) is 0 Å². The number of hydrogen-bond acceptors (Lipinski definition) is 12. The number of morpholine rings is 1. The van der Waals surface area contributed by atoms with E-state index in [9.17, 15) is 4.79 Å². The van der Waals surface area contributed by atoms with Crippen molar-refractivity contribution in [2.24, 2.45) is 0 Å². The van der Waals surface area contributed by atoms with Crippen molar-refractivity contribution in [1.29, 1.82) is 0 Å². The Morgan fingerprint density at radius 1 is 0.970 bits per heavy atom.